The third-order valence-electron chi connectivity index (χ3n) is 6.89. The predicted molar refractivity (Wildman–Crippen MR) is 129 cm³/mol. The summed E-state index contributed by atoms with van der Waals surface area (Å²) >= 11 is 0. The normalized spacial score (nSPS) is 21.0. The summed E-state index contributed by atoms with van der Waals surface area (Å²) in [5.41, 5.74) is 7.11. The van der Waals surface area contributed by atoms with E-state index in [9.17, 15) is 9.90 Å². The highest BCUT2D eigenvalue weighted by Gasteiger charge is 2.39. The third-order valence-corrected chi connectivity index (χ3v) is 6.89. The van der Waals surface area contributed by atoms with Crippen LogP contribution < -0.4 is 25.0 Å². The van der Waals surface area contributed by atoms with Gasteiger partial charge in [-0.2, -0.15) is 0 Å². The number of β-amino-alcohol motifs (C(OH)–C–C–N with tert-alkyl or cyclic N) is 1. The van der Waals surface area contributed by atoms with Crippen molar-refractivity contribution in [2.24, 2.45) is 5.73 Å². The van der Waals surface area contributed by atoms with Gasteiger partial charge < -0.3 is 30.1 Å². The molecule has 0 radical (unpaired) electrons. The number of methoxy groups -OCH3 is 2. The van der Waals surface area contributed by atoms with Crippen LogP contribution in [0.4, 0.5) is 11.4 Å². The first kappa shape index (κ1) is 23.2. The summed E-state index contributed by atoms with van der Waals surface area (Å²) in [6, 6.07) is 15.4. The maximum atomic E-state index is 12.3. The SMILES string of the molecule is COc1ccc(N2CCC(O)(CN3CCN(c4ccc(OC)cc4)C[C@H]3C(N)=O)CC2)cc1. The zero-order valence-electron chi connectivity index (χ0n) is 19.4. The van der Waals surface area contributed by atoms with Gasteiger partial charge in [0, 0.05) is 50.6 Å². The minimum Gasteiger partial charge on any atom is -0.497 e. The van der Waals surface area contributed by atoms with E-state index in [-0.39, 0.29) is 5.91 Å². The second-order valence-electron chi connectivity index (χ2n) is 8.94. The van der Waals surface area contributed by atoms with Crippen LogP contribution in [-0.4, -0.2) is 81.0 Å². The number of hydrogen-bond donors (Lipinski definition) is 2. The number of nitrogens with two attached hydrogens (primary N) is 1. The molecule has 2 fully saturated rings. The molecule has 0 saturated carbocycles. The number of hydrogen-bond acceptors (Lipinski definition) is 7. The Morgan fingerprint density at radius 1 is 0.909 bits per heavy atom. The molecular formula is C25H34N4O4. The Bertz CT molecular complexity index is 926. The van der Waals surface area contributed by atoms with E-state index in [2.05, 4.69) is 14.7 Å². The van der Waals surface area contributed by atoms with Gasteiger partial charge in [0.2, 0.25) is 5.91 Å². The molecule has 2 aromatic carbocycles. The average Bonchev–Trinajstić information content (AvgIpc) is 2.84. The fourth-order valence-electron chi connectivity index (χ4n) is 4.82. The number of rotatable bonds is 7. The molecule has 33 heavy (non-hydrogen) atoms. The van der Waals surface area contributed by atoms with Crippen molar-refractivity contribution in [1.29, 1.82) is 0 Å². The molecule has 8 nitrogen and oxygen atoms in total. The molecule has 1 atom stereocenters. The van der Waals surface area contributed by atoms with Crippen molar-refractivity contribution in [1.82, 2.24) is 4.90 Å². The monoisotopic (exact) mass is 454 g/mol. The van der Waals surface area contributed by atoms with Crippen LogP contribution in [0.5, 0.6) is 11.5 Å². The number of piperidine rings is 1. The molecule has 2 saturated heterocycles. The Morgan fingerprint density at radius 3 is 1.91 bits per heavy atom. The smallest absolute Gasteiger partial charge is 0.236 e. The molecule has 178 valence electrons. The molecular weight excluding hydrogens is 420 g/mol. The zero-order valence-corrected chi connectivity index (χ0v) is 19.4. The standard InChI is InChI=1S/C25H34N4O4/c1-32-21-7-3-19(4-8-21)27-13-11-25(31,12-14-27)18-29-16-15-28(17-23(29)24(26)30)20-5-9-22(33-2)10-6-20/h3-10,23,31H,11-18H2,1-2H3,(H2,26,30)/t23-/m0/s1. The summed E-state index contributed by atoms with van der Waals surface area (Å²) < 4.78 is 10.5. The lowest BCUT2D eigenvalue weighted by Crippen LogP contribution is -2.62. The maximum absolute atomic E-state index is 12.3. The Kier molecular flexibility index (Phi) is 6.95. The van der Waals surface area contributed by atoms with Crippen molar-refractivity contribution in [2.75, 3.05) is 63.3 Å². The topological polar surface area (TPSA) is 91.5 Å². The molecule has 0 aliphatic carbocycles. The summed E-state index contributed by atoms with van der Waals surface area (Å²) in [4.78, 5) is 18.8. The molecule has 4 rings (SSSR count). The number of ether oxygens (including phenoxy) is 2. The Morgan fingerprint density at radius 2 is 1.42 bits per heavy atom. The molecule has 2 aromatic rings. The van der Waals surface area contributed by atoms with Gasteiger partial charge in [-0.15, -0.1) is 0 Å². The quantitative estimate of drug-likeness (QED) is 0.658. The highest BCUT2D eigenvalue weighted by Crippen LogP contribution is 2.30. The van der Waals surface area contributed by atoms with Crippen LogP contribution >= 0.6 is 0 Å². The summed E-state index contributed by atoms with van der Waals surface area (Å²) in [6.45, 7) is 3.92. The van der Waals surface area contributed by atoms with Gasteiger partial charge in [-0.05, 0) is 61.4 Å². The molecule has 0 bridgehead atoms. The van der Waals surface area contributed by atoms with Gasteiger partial charge in [-0.25, -0.2) is 0 Å². The summed E-state index contributed by atoms with van der Waals surface area (Å²) in [6.07, 6.45) is 1.28. The molecule has 0 aromatic heterocycles. The number of primary amides is 1. The van der Waals surface area contributed by atoms with E-state index < -0.39 is 11.6 Å². The largest absolute Gasteiger partial charge is 0.497 e. The van der Waals surface area contributed by atoms with Crippen molar-refractivity contribution in [3.05, 3.63) is 48.5 Å². The van der Waals surface area contributed by atoms with Crippen molar-refractivity contribution in [3.8, 4) is 11.5 Å². The van der Waals surface area contributed by atoms with E-state index in [4.69, 9.17) is 15.2 Å². The third kappa shape index (κ3) is 5.34. The van der Waals surface area contributed by atoms with Gasteiger partial charge in [0.1, 0.15) is 17.5 Å². The van der Waals surface area contributed by atoms with Crippen molar-refractivity contribution < 1.29 is 19.4 Å². The molecule has 0 unspecified atom stereocenters. The molecule has 2 aliphatic rings. The van der Waals surface area contributed by atoms with Crippen LogP contribution in [0.3, 0.4) is 0 Å². The minimum absolute atomic E-state index is 0.354. The van der Waals surface area contributed by atoms with Gasteiger partial charge in [0.15, 0.2) is 0 Å². The van der Waals surface area contributed by atoms with Crippen molar-refractivity contribution in [3.63, 3.8) is 0 Å². The van der Waals surface area contributed by atoms with Gasteiger partial charge in [0.25, 0.3) is 0 Å². The zero-order chi connectivity index (χ0) is 23.4. The lowest BCUT2D eigenvalue weighted by Gasteiger charge is -2.46. The van der Waals surface area contributed by atoms with Crippen molar-refractivity contribution >= 4 is 17.3 Å². The maximum Gasteiger partial charge on any atom is 0.236 e. The highest BCUT2D eigenvalue weighted by atomic mass is 16.5. The molecule has 1 amide bonds. The molecule has 3 N–H and O–H groups in total. The van der Waals surface area contributed by atoms with Crippen LogP contribution in [0.1, 0.15) is 12.8 Å². The molecule has 8 heteroatoms. The number of nitrogens with zero attached hydrogens (tertiary/aromatic N) is 3. The van der Waals surface area contributed by atoms with Crippen LogP contribution in [0, 0.1) is 0 Å². The summed E-state index contributed by atoms with van der Waals surface area (Å²) in [5.74, 6) is 1.28. The number of anilines is 2. The number of piperazine rings is 1. The summed E-state index contributed by atoms with van der Waals surface area (Å²) in [7, 11) is 3.30. The molecule has 2 aliphatic heterocycles. The number of aliphatic hydroxyl groups is 1. The second-order valence-corrected chi connectivity index (χ2v) is 8.94. The average molecular weight is 455 g/mol. The molecule has 2 heterocycles. The first-order chi connectivity index (χ1) is 15.9. The van der Waals surface area contributed by atoms with Crippen molar-refractivity contribution in [2.45, 2.75) is 24.5 Å². The lowest BCUT2D eigenvalue weighted by atomic mass is 9.89. The number of carbonyl (C=O) groups is 1. The van der Waals surface area contributed by atoms with Crippen LogP contribution in [0.15, 0.2) is 48.5 Å². The Hall–Kier alpha value is -2.97. The number of benzene rings is 2. The minimum atomic E-state index is -0.834. The van der Waals surface area contributed by atoms with E-state index in [1.165, 1.54) is 0 Å². The molecule has 0 spiro atoms. The lowest BCUT2D eigenvalue weighted by molar-refractivity contribution is -0.125. The van der Waals surface area contributed by atoms with Crippen LogP contribution in [0.2, 0.25) is 0 Å². The first-order valence-corrected chi connectivity index (χ1v) is 11.4. The van der Waals surface area contributed by atoms with Gasteiger partial charge in [-0.3, -0.25) is 9.69 Å². The van der Waals surface area contributed by atoms with Crippen LogP contribution in [-0.2, 0) is 4.79 Å². The predicted octanol–water partition coefficient (Wildman–Crippen LogP) is 1.71. The van der Waals surface area contributed by atoms with Crippen LogP contribution in [0.25, 0.3) is 0 Å². The van der Waals surface area contributed by atoms with E-state index in [1.807, 2.05) is 48.5 Å². The first-order valence-electron chi connectivity index (χ1n) is 11.4. The van der Waals surface area contributed by atoms with E-state index in [0.717, 1.165) is 42.5 Å². The van der Waals surface area contributed by atoms with E-state index in [0.29, 0.717) is 32.5 Å². The van der Waals surface area contributed by atoms with Gasteiger partial charge in [0.05, 0.1) is 19.8 Å². The Balaban J connectivity index is 1.36. The fourth-order valence-corrected chi connectivity index (χ4v) is 4.82. The van der Waals surface area contributed by atoms with Gasteiger partial charge >= 0.3 is 0 Å². The van der Waals surface area contributed by atoms with Gasteiger partial charge in [-0.1, -0.05) is 0 Å². The Labute approximate surface area is 195 Å². The fraction of sp³-hybridized carbons (Fsp3) is 0.480. The highest BCUT2D eigenvalue weighted by molar-refractivity contribution is 5.81. The number of carbonyl (C=O) groups excluding carboxylic acids is 1. The summed E-state index contributed by atoms with van der Waals surface area (Å²) in [5, 5.41) is 11.3. The number of amides is 1. The second kappa shape index (κ2) is 9.89. The van der Waals surface area contributed by atoms with E-state index in [1.54, 1.807) is 14.2 Å². The van der Waals surface area contributed by atoms with E-state index >= 15 is 0 Å².